The maximum Gasteiger partial charge on any atom is 0.338 e. The zero-order chi connectivity index (χ0) is 23.0. The quantitative estimate of drug-likeness (QED) is 0.527. The van der Waals surface area contributed by atoms with Gasteiger partial charge in [-0.05, 0) is 54.4 Å². The van der Waals surface area contributed by atoms with Crippen LogP contribution in [0.3, 0.4) is 0 Å². The van der Waals surface area contributed by atoms with E-state index in [-0.39, 0.29) is 5.91 Å². The van der Waals surface area contributed by atoms with Crippen molar-refractivity contribution in [2.75, 3.05) is 23.4 Å². The second kappa shape index (κ2) is 10.5. The Morgan fingerprint density at radius 2 is 1.73 bits per heavy atom. The molecule has 0 aromatic heterocycles. The van der Waals surface area contributed by atoms with E-state index in [0.717, 1.165) is 23.4 Å². The molecule has 4 rings (SSSR count). The van der Waals surface area contributed by atoms with Gasteiger partial charge in [0.05, 0.1) is 5.56 Å². The Balaban J connectivity index is 1.25. The predicted octanol–water partition coefficient (Wildman–Crippen LogP) is 4.19. The van der Waals surface area contributed by atoms with Crippen LogP contribution in [-0.2, 0) is 20.9 Å². The highest BCUT2D eigenvalue weighted by Crippen LogP contribution is 2.24. The number of rotatable bonds is 8. The second-order valence-electron chi connectivity index (χ2n) is 7.62. The molecule has 0 radical (unpaired) electrons. The Hall–Kier alpha value is -4.13. The number of nitrogens with one attached hydrogen (secondary N) is 1. The lowest BCUT2D eigenvalue weighted by molar-refractivity contribution is -0.119. The van der Waals surface area contributed by atoms with Crippen LogP contribution in [0, 0.1) is 0 Å². The summed E-state index contributed by atoms with van der Waals surface area (Å²) < 4.78 is 10.8. The zero-order valence-corrected chi connectivity index (χ0v) is 18.0. The highest BCUT2D eigenvalue weighted by Gasteiger charge is 2.21. The Morgan fingerprint density at radius 3 is 2.45 bits per heavy atom. The van der Waals surface area contributed by atoms with Crippen molar-refractivity contribution in [1.29, 1.82) is 0 Å². The summed E-state index contributed by atoms with van der Waals surface area (Å²) in [6, 6.07) is 23.4. The minimum absolute atomic E-state index is 0.0741. The molecular formula is C26H24N2O5. The molecule has 1 aliphatic rings. The van der Waals surface area contributed by atoms with Crippen LogP contribution in [-0.4, -0.2) is 30.9 Å². The Bertz CT molecular complexity index is 1130. The number of anilines is 2. The lowest BCUT2D eigenvalue weighted by Crippen LogP contribution is -2.24. The van der Waals surface area contributed by atoms with Gasteiger partial charge in [0.25, 0.3) is 5.91 Å². The normalized spacial score (nSPS) is 13.0. The van der Waals surface area contributed by atoms with Crippen LogP contribution < -0.4 is 15.0 Å². The van der Waals surface area contributed by atoms with E-state index in [1.807, 2.05) is 36.4 Å². The lowest BCUT2D eigenvalue weighted by atomic mass is 10.1. The van der Waals surface area contributed by atoms with Crippen molar-refractivity contribution >= 4 is 29.2 Å². The van der Waals surface area contributed by atoms with Crippen molar-refractivity contribution in [2.24, 2.45) is 0 Å². The number of esters is 1. The van der Waals surface area contributed by atoms with Crippen LogP contribution in [0.1, 0.15) is 28.8 Å². The average Bonchev–Trinajstić information content (AvgIpc) is 3.28. The van der Waals surface area contributed by atoms with Gasteiger partial charge in [-0.15, -0.1) is 0 Å². The highest BCUT2D eigenvalue weighted by molar-refractivity contribution is 5.98. The monoisotopic (exact) mass is 444 g/mol. The van der Waals surface area contributed by atoms with E-state index < -0.39 is 18.5 Å². The average molecular weight is 444 g/mol. The molecule has 1 N–H and O–H groups in total. The molecule has 3 aromatic rings. The van der Waals surface area contributed by atoms with E-state index in [1.165, 1.54) is 0 Å². The van der Waals surface area contributed by atoms with Crippen LogP contribution in [0.4, 0.5) is 11.4 Å². The topological polar surface area (TPSA) is 84.9 Å². The number of hydrogen-bond donors (Lipinski definition) is 1. The molecule has 0 unspecified atom stereocenters. The molecule has 3 aromatic carbocycles. The summed E-state index contributed by atoms with van der Waals surface area (Å²) in [6.45, 7) is 0.638. The summed E-state index contributed by atoms with van der Waals surface area (Å²) in [7, 11) is 0. The molecule has 0 aliphatic carbocycles. The lowest BCUT2D eigenvalue weighted by Gasteiger charge is -2.16. The molecule has 33 heavy (non-hydrogen) atoms. The second-order valence-corrected chi connectivity index (χ2v) is 7.62. The number of carbonyl (C=O) groups excluding carboxylic acids is 3. The largest absolute Gasteiger partial charge is 0.489 e. The first-order chi connectivity index (χ1) is 16.1. The predicted molar refractivity (Wildman–Crippen MR) is 124 cm³/mol. The van der Waals surface area contributed by atoms with Gasteiger partial charge in [0, 0.05) is 24.3 Å². The SMILES string of the molecule is O=C(COC(=O)c1ccc(COc2ccccc2)cc1)Nc1cccc(N2CCCC2=O)c1. The molecule has 7 heteroatoms. The molecule has 0 spiro atoms. The molecule has 1 aliphatic heterocycles. The molecular weight excluding hydrogens is 420 g/mol. The van der Waals surface area contributed by atoms with Crippen molar-refractivity contribution in [2.45, 2.75) is 19.4 Å². The summed E-state index contributed by atoms with van der Waals surface area (Å²) in [5.41, 5.74) is 2.53. The van der Waals surface area contributed by atoms with E-state index >= 15 is 0 Å². The van der Waals surface area contributed by atoms with E-state index in [0.29, 0.717) is 30.8 Å². The number of ether oxygens (including phenoxy) is 2. The van der Waals surface area contributed by atoms with Crippen molar-refractivity contribution in [3.63, 3.8) is 0 Å². The molecule has 2 amide bonds. The fourth-order valence-electron chi connectivity index (χ4n) is 3.50. The fourth-order valence-corrected chi connectivity index (χ4v) is 3.50. The van der Waals surface area contributed by atoms with Crippen LogP contribution in [0.15, 0.2) is 78.9 Å². The summed E-state index contributed by atoms with van der Waals surface area (Å²) in [4.78, 5) is 38.1. The van der Waals surface area contributed by atoms with Crippen molar-refractivity contribution in [1.82, 2.24) is 0 Å². The minimum atomic E-state index is -0.586. The minimum Gasteiger partial charge on any atom is -0.489 e. The Morgan fingerprint density at radius 1 is 0.939 bits per heavy atom. The van der Waals surface area contributed by atoms with E-state index in [9.17, 15) is 14.4 Å². The van der Waals surface area contributed by atoms with E-state index in [1.54, 1.807) is 47.4 Å². The summed E-state index contributed by atoms with van der Waals surface area (Å²) in [6.07, 6.45) is 1.36. The number of amides is 2. The zero-order valence-electron chi connectivity index (χ0n) is 18.0. The molecule has 0 saturated carbocycles. The standard InChI is InChI=1S/C26H24N2O5/c29-24(27-21-6-4-7-22(16-21)28-15-5-10-25(28)30)18-33-26(31)20-13-11-19(12-14-20)17-32-23-8-2-1-3-9-23/h1-4,6-9,11-14,16H,5,10,15,17-18H2,(H,27,29). The molecule has 1 saturated heterocycles. The molecule has 1 fully saturated rings. The smallest absolute Gasteiger partial charge is 0.338 e. The van der Waals surface area contributed by atoms with Gasteiger partial charge in [0.2, 0.25) is 5.91 Å². The van der Waals surface area contributed by atoms with Gasteiger partial charge in [0.1, 0.15) is 12.4 Å². The summed E-state index contributed by atoms with van der Waals surface area (Å²) >= 11 is 0. The van der Waals surface area contributed by atoms with Crippen molar-refractivity contribution < 1.29 is 23.9 Å². The molecule has 0 bridgehead atoms. The maximum atomic E-state index is 12.3. The van der Waals surface area contributed by atoms with E-state index in [4.69, 9.17) is 9.47 Å². The number of para-hydroxylation sites is 1. The Labute approximate surface area is 191 Å². The van der Waals surface area contributed by atoms with Gasteiger partial charge in [-0.2, -0.15) is 0 Å². The highest BCUT2D eigenvalue weighted by atomic mass is 16.5. The molecule has 1 heterocycles. The van der Waals surface area contributed by atoms with Gasteiger partial charge in [-0.1, -0.05) is 36.4 Å². The molecule has 7 nitrogen and oxygen atoms in total. The van der Waals surface area contributed by atoms with Gasteiger partial charge in [0.15, 0.2) is 6.61 Å². The van der Waals surface area contributed by atoms with Crippen molar-refractivity contribution in [3.8, 4) is 5.75 Å². The van der Waals surface area contributed by atoms with Crippen LogP contribution in [0.2, 0.25) is 0 Å². The van der Waals surface area contributed by atoms with Crippen LogP contribution in [0.25, 0.3) is 0 Å². The number of carbonyl (C=O) groups is 3. The maximum absolute atomic E-state index is 12.3. The molecule has 0 atom stereocenters. The first kappa shape index (κ1) is 22.1. The van der Waals surface area contributed by atoms with Gasteiger partial charge in [-0.25, -0.2) is 4.79 Å². The first-order valence-corrected chi connectivity index (χ1v) is 10.7. The third-order valence-corrected chi connectivity index (χ3v) is 5.19. The summed E-state index contributed by atoms with van der Waals surface area (Å²) in [5, 5.41) is 2.70. The number of hydrogen-bond acceptors (Lipinski definition) is 5. The fraction of sp³-hybridized carbons (Fsp3) is 0.192. The molecule has 168 valence electrons. The van der Waals surface area contributed by atoms with Crippen molar-refractivity contribution in [3.05, 3.63) is 90.0 Å². The number of nitrogens with zero attached hydrogens (tertiary/aromatic N) is 1. The first-order valence-electron chi connectivity index (χ1n) is 10.7. The van der Waals surface area contributed by atoms with Gasteiger partial charge in [-0.3, -0.25) is 9.59 Å². The van der Waals surface area contributed by atoms with Crippen LogP contribution >= 0.6 is 0 Å². The van der Waals surface area contributed by atoms with E-state index in [2.05, 4.69) is 5.32 Å². The third kappa shape index (κ3) is 5.98. The van der Waals surface area contributed by atoms with Crippen LogP contribution in [0.5, 0.6) is 5.75 Å². The Kier molecular flexibility index (Phi) is 6.99. The van der Waals surface area contributed by atoms with Gasteiger partial charge < -0.3 is 19.7 Å². The number of benzene rings is 3. The summed E-state index contributed by atoms with van der Waals surface area (Å²) in [5.74, 6) is -0.201. The third-order valence-electron chi connectivity index (χ3n) is 5.19. The van der Waals surface area contributed by atoms with Gasteiger partial charge >= 0.3 is 5.97 Å².